The van der Waals surface area contributed by atoms with E-state index in [1.165, 1.54) is 84.0 Å². The molecule has 0 aromatic carbocycles. The molecule has 2 aromatic rings. The first kappa shape index (κ1) is 66.4. The zero-order valence-corrected chi connectivity index (χ0v) is 49.6. The van der Waals surface area contributed by atoms with E-state index in [0.717, 1.165) is 69.0 Å². The van der Waals surface area contributed by atoms with Crippen molar-refractivity contribution in [2.75, 3.05) is 64.2 Å². The van der Waals surface area contributed by atoms with E-state index in [2.05, 4.69) is 59.4 Å². The number of hydrogen-bond donors (Lipinski definition) is 6. The summed E-state index contributed by atoms with van der Waals surface area (Å²) < 4.78 is 37.3. The molecule has 1 unspecified atom stereocenters. The molecule has 2 saturated heterocycles. The average molecular weight is 1160 g/mol. The van der Waals surface area contributed by atoms with Gasteiger partial charge in [-0.05, 0) is 64.2 Å². The molecule has 5 rings (SSSR count). The van der Waals surface area contributed by atoms with Crippen LogP contribution in [-0.2, 0) is 69.9 Å². The highest BCUT2D eigenvalue weighted by Gasteiger charge is 2.46. The number of unbranched alkanes of at least 4 members (excludes halogenated alkanes) is 15. The highest BCUT2D eigenvalue weighted by Crippen LogP contribution is 2.36. The second kappa shape index (κ2) is 39.2. The van der Waals surface area contributed by atoms with Crippen molar-refractivity contribution < 1.29 is 47.4 Å². The molecule has 2 aliphatic heterocycles. The molecule has 1 aliphatic carbocycles. The lowest BCUT2D eigenvalue weighted by Gasteiger charge is -2.25. The Kier molecular flexibility index (Phi) is 32.5. The van der Waals surface area contributed by atoms with Crippen molar-refractivity contribution in [2.24, 2.45) is 0 Å². The van der Waals surface area contributed by atoms with Gasteiger partial charge < -0.3 is 46.1 Å². The van der Waals surface area contributed by atoms with Crippen LogP contribution in [0, 0.1) is 0 Å². The summed E-state index contributed by atoms with van der Waals surface area (Å²) in [7, 11) is 0. The number of carbonyl (C=O) groups is 6. The Labute approximate surface area is 482 Å². The molecule has 21 nitrogen and oxygen atoms in total. The van der Waals surface area contributed by atoms with Gasteiger partial charge in [0.25, 0.3) is 5.91 Å². The number of rotatable bonds is 44. The molecule has 2 aromatic heterocycles. The largest absolute Gasteiger partial charge is 0.377 e. The molecule has 24 heteroatoms. The van der Waals surface area contributed by atoms with Gasteiger partial charge in [-0.1, -0.05) is 125 Å². The molecule has 80 heavy (non-hydrogen) atoms. The van der Waals surface area contributed by atoms with Crippen LogP contribution in [0.3, 0.4) is 0 Å². The smallest absolute Gasteiger partial charge is 0.315 e. The maximum atomic E-state index is 16.9. The fourth-order valence-electron chi connectivity index (χ4n) is 10.3. The number of hydrogen-bond acceptors (Lipinski definition) is 15. The number of amides is 6. The number of ether oxygens (including phenoxy) is 3. The molecule has 3 aliphatic rings. The predicted molar refractivity (Wildman–Crippen MR) is 309 cm³/mol. The first-order valence-corrected chi connectivity index (χ1v) is 32.2. The van der Waals surface area contributed by atoms with E-state index in [-0.39, 0.29) is 73.1 Å². The number of aromatic nitrogens is 6. The number of nitrogens with zero attached hydrogens (tertiary/aromatic N) is 6. The fraction of sp³-hybridized carbons (Fsp3) is 0.821. The van der Waals surface area contributed by atoms with E-state index < -0.39 is 29.4 Å². The van der Waals surface area contributed by atoms with E-state index in [4.69, 9.17) is 14.2 Å². The molecule has 4 heterocycles. The van der Waals surface area contributed by atoms with E-state index in [1.54, 1.807) is 9.36 Å². The SMILES string of the molecule is CCCCCCCCCCCCCCCCn1cc(CNC(=O)[C@H](CCCCNC(=O)C2(F)CCCCCc3c2nnn3CCOCCOCCOCCNC(=O)CCCC[C@H]2SC[C@H]3NC(=O)N[C@H]32)NC(=O)CSC(C)=O)nn1. The summed E-state index contributed by atoms with van der Waals surface area (Å²) in [6.07, 6.45) is 26.7. The first-order valence-electron chi connectivity index (χ1n) is 30.1. The lowest BCUT2D eigenvalue weighted by Crippen LogP contribution is -2.47. The van der Waals surface area contributed by atoms with E-state index >= 15 is 4.39 Å². The summed E-state index contributed by atoms with van der Waals surface area (Å²) in [5.41, 5.74) is -1.17. The van der Waals surface area contributed by atoms with Gasteiger partial charge in [0.05, 0.1) is 82.5 Å². The molecule has 2 fully saturated rings. The Morgan fingerprint density at radius 2 is 1.46 bits per heavy atom. The quantitative estimate of drug-likeness (QED) is 0.0291. The van der Waals surface area contributed by atoms with Gasteiger partial charge in [-0.25, -0.2) is 13.9 Å². The Morgan fingerprint density at radius 1 is 0.762 bits per heavy atom. The molecule has 0 spiro atoms. The van der Waals surface area contributed by atoms with Crippen molar-refractivity contribution in [1.29, 1.82) is 0 Å². The number of fused-ring (bicyclic) bond motifs is 2. The standard InChI is InChI=1S/C56H95FN12O9S2/c1-3-4-5-6-7-8-9-10-11-12-13-14-15-23-31-68-40-44(64-66-68)39-60-53(73)45(61-50(72)42-79-43(2)70)24-20-22-29-59-54(74)56(57)28-21-16-17-25-47-52(56)65-67-69(47)32-34-77-36-38-78-37-35-76-33-30-58-49(71)27-19-18-26-48-51-46(41-80-48)62-55(75)63-51/h40,45-46,48,51H,3-39,41-42H2,1-2H3,(H,58,71)(H,59,74)(H,60,73)(H,61,72)(H2,62,63,75)/t45-,46+,48+,51+,56?/m0/s1. The summed E-state index contributed by atoms with van der Waals surface area (Å²) in [6.45, 7) is 7.49. The number of aryl methyl sites for hydroxylation is 1. The van der Waals surface area contributed by atoms with E-state index in [0.29, 0.717) is 94.9 Å². The third-order valence-electron chi connectivity index (χ3n) is 14.9. The Morgan fingerprint density at radius 3 is 2.19 bits per heavy atom. The highest BCUT2D eigenvalue weighted by atomic mass is 32.2. The topological polar surface area (TPSA) is 264 Å². The summed E-state index contributed by atoms with van der Waals surface area (Å²) in [4.78, 5) is 75.2. The second-order valence-electron chi connectivity index (χ2n) is 21.5. The highest BCUT2D eigenvalue weighted by molar-refractivity contribution is 8.14. The van der Waals surface area contributed by atoms with Gasteiger partial charge in [-0.3, -0.25) is 28.7 Å². The minimum atomic E-state index is -2.37. The maximum absolute atomic E-state index is 16.9. The molecule has 6 amide bonds. The van der Waals surface area contributed by atoms with E-state index in [9.17, 15) is 28.8 Å². The number of halogens is 1. The molecule has 5 atom stereocenters. The Bertz CT molecular complexity index is 2140. The molecule has 0 radical (unpaired) electrons. The van der Waals surface area contributed by atoms with E-state index in [1.807, 2.05) is 18.0 Å². The van der Waals surface area contributed by atoms with Crippen molar-refractivity contribution in [3.63, 3.8) is 0 Å². The average Bonchev–Trinajstić information content (AvgIpc) is 4.25. The van der Waals surface area contributed by atoms with Gasteiger partial charge in [0.15, 0.2) is 5.12 Å². The third kappa shape index (κ3) is 25.4. The van der Waals surface area contributed by atoms with Crippen LogP contribution in [0.25, 0.3) is 0 Å². The number of alkyl halides is 1. The molecule has 0 saturated carbocycles. The summed E-state index contributed by atoms with van der Waals surface area (Å²) in [5.74, 6) is -0.820. The van der Waals surface area contributed by atoms with Gasteiger partial charge in [0.1, 0.15) is 17.4 Å². The number of nitrogens with one attached hydrogen (secondary N) is 6. The van der Waals surface area contributed by atoms with Gasteiger partial charge in [-0.2, -0.15) is 11.8 Å². The molecule has 6 N–H and O–H groups in total. The Balaban J connectivity index is 0.918. The first-order chi connectivity index (χ1) is 39.0. The maximum Gasteiger partial charge on any atom is 0.315 e. The van der Waals surface area contributed by atoms with Crippen LogP contribution in [0.15, 0.2) is 6.20 Å². The lowest BCUT2D eigenvalue weighted by molar-refractivity contribution is -0.134. The molecule has 0 bridgehead atoms. The lowest BCUT2D eigenvalue weighted by atomic mass is 9.88. The number of carbonyl (C=O) groups excluding carboxylic acids is 6. The van der Waals surface area contributed by atoms with Crippen LogP contribution in [0.4, 0.5) is 9.18 Å². The van der Waals surface area contributed by atoms with Crippen molar-refractivity contribution >= 4 is 58.3 Å². The van der Waals surface area contributed by atoms with Crippen molar-refractivity contribution in [3.05, 3.63) is 23.3 Å². The third-order valence-corrected chi connectivity index (χ3v) is 17.2. The minimum absolute atomic E-state index is 0.00252. The van der Waals surface area contributed by atoms with Crippen LogP contribution < -0.4 is 31.9 Å². The Hall–Kier alpha value is -4.39. The van der Waals surface area contributed by atoms with Crippen LogP contribution in [0.1, 0.15) is 191 Å². The fourth-order valence-corrected chi connectivity index (χ4v) is 12.3. The van der Waals surface area contributed by atoms with Crippen LogP contribution in [-0.4, -0.2) is 152 Å². The minimum Gasteiger partial charge on any atom is -0.377 e. The number of thioether (sulfide) groups is 2. The van der Waals surface area contributed by atoms with Crippen LogP contribution in [0.5, 0.6) is 0 Å². The second-order valence-corrected chi connectivity index (χ2v) is 23.9. The zero-order valence-electron chi connectivity index (χ0n) is 48.0. The zero-order chi connectivity index (χ0) is 57.1. The number of urea groups is 1. The predicted octanol–water partition coefficient (Wildman–Crippen LogP) is 6.89. The molecule has 452 valence electrons. The molecular weight excluding hydrogens is 1070 g/mol. The van der Waals surface area contributed by atoms with Crippen molar-refractivity contribution in [3.8, 4) is 0 Å². The summed E-state index contributed by atoms with van der Waals surface area (Å²) >= 11 is 2.74. The molecular formula is C56H95FN12O9S2. The monoisotopic (exact) mass is 1160 g/mol. The van der Waals surface area contributed by atoms with Crippen LogP contribution in [0.2, 0.25) is 0 Å². The van der Waals surface area contributed by atoms with Gasteiger partial charge in [0.2, 0.25) is 23.4 Å². The van der Waals surface area contributed by atoms with Crippen LogP contribution >= 0.6 is 23.5 Å². The van der Waals surface area contributed by atoms with Gasteiger partial charge >= 0.3 is 6.03 Å². The van der Waals surface area contributed by atoms with Gasteiger partial charge in [-0.15, -0.1) is 10.2 Å². The van der Waals surface area contributed by atoms with Crippen molar-refractivity contribution in [1.82, 2.24) is 61.9 Å². The summed E-state index contributed by atoms with van der Waals surface area (Å²) in [5, 5.41) is 34.3. The summed E-state index contributed by atoms with van der Waals surface area (Å²) in [6, 6.07) is -0.582. The van der Waals surface area contributed by atoms with Crippen molar-refractivity contribution in [2.45, 2.75) is 229 Å². The van der Waals surface area contributed by atoms with Gasteiger partial charge in [0, 0.05) is 44.0 Å². The normalized spacial score (nSPS) is 19.0.